The van der Waals surface area contributed by atoms with Gasteiger partial charge in [-0.2, -0.15) is 0 Å². The van der Waals surface area contributed by atoms with Crippen LogP contribution in [0.4, 0.5) is 10.5 Å². The third kappa shape index (κ3) is 4.85. The summed E-state index contributed by atoms with van der Waals surface area (Å²) in [5, 5.41) is 5.58. The van der Waals surface area contributed by atoms with E-state index in [4.69, 9.17) is 9.47 Å². The van der Waals surface area contributed by atoms with Gasteiger partial charge in [0.1, 0.15) is 6.61 Å². The third-order valence-electron chi connectivity index (χ3n) is 4.34. The number of hydrogen-bond donors (Lipinski definition) is 2. The Morgan fingerprint density at radius 3 is 2.48 bits per heavy atom. The zero-order chi connectivity index (χ0) is 20.0. The van der Waals surface area contributed by atoms with Crippen LogP contribution in [0, 0.1) is 0 Å². The van der Waals surface area contributed by atoms with Gasteiger partial charge in [-0.25, -0.2) is 9.59 Å². The molecule has 0 bridgehead atoms. The van der Waals surface area contributed by atoms with Gasteiger partial charge in [-0.15, -0.1) is 0 Å². The van der Waals surface area contributed by atoms with Crippen molar-refractivity contribution in [2.75, 3.05) is 32.7 Å². The van der Waals surface area contributed by atoms with E-state index in [9.17, 15) is 14.4 Å². The van der Waals surface area contributed by atoms with Crippen molar-refractivity contribution in [3.8, 4) is 0 Å². The van der Waals surface area contributed by atoms with E-state index in [2.05, 4.69) is 10.6 Å². The maximum atomic E-state index is 12.6. The van der Waals surface area contributed by atoms with Crippen LogP contribution < -0.4 is 10.6 Å². The van der Waals surface area contributed by atoms with Crippen molar-refractivity contribution in [3.63, 3.8) is 0 Å². The quantitative estimate of drug-likeness (QED) is 0.562. The van der Waals surface area contributed by atoms with Crippen molar-refractivity contribution in [1.29, 1.82) is 0 Å². The van der Waals surface area contributed by atoms with Crippen LogP contribution in [-0.4, -0.2) is 50.2 Å². The summed E-state index contributed by atoms with van der Waals surface area (Å²) in [5.41, 5.74) is 2.24. The lowest BCUT2D eigenvalue weighted by Gasteiger charge is -2.33. The van der Waals surface area contributed by atoms with Crippen LogP contribution in [0.1, 0.15) is 31.9 Å². The number of ether oxygens (including phenoxy) is 2. The van der Waals surface area contributed by atoms with Gasteiger partial charge in [-0.3, -0.25) is 4.79 Å². The van der Waals surface area contributed by atoms with Crippen molar-refractivity contribution in [3.05, 3.63) is 41.1 Å². The summed E-state index contributed by atoms with van der Waals surface area (Å²) in [5.74, 6) is -0.599. The first kappa shape index (κ1) is 20.4. The van der Waals surface area contributed by atoms with E-state index in [0.29, 0.717) is 28.9 Å². The first-order valence-electron chi connectivity index (χ1n) is 8.69. The van der Waals surface area contributed by atoms with Gasteiger partial charge in [-0.05, 0) is 24.6 Å². The second-order valence-corrected chi connectivity index (χ2v) is 6.09. The molecule has 8 nitrogen and oxygen atoms in total. The van der Waals surface area contributed by atoms with E-state index in [0.717, 1.165) is 0 Å². The van der Waals surface area contributed by atoms with Gasteiger partial charge in [0.2, 0.25) is 5.91 Å². The highest BCUT2D eigenvalue weighted by molar-refractivity contribution is 5.95. The summed E-state index contributed by atoms with van der Waals surface area (Å²) < 4.78 is 10.2. The van der Waals surface area contributed by atoms with Gasteiger partial charge in [0.05, 0.1) is 18.2 Å². The van der Waals surface area contributed by atoms with Crippen molar-refractivity contribution >= 4 is 23.6 Å². The first-order valence-corrected chi connectivity index (χ1v) is 8.69. The molecule has 3 amide bonds. The Balaban J connectivity index is 2.29. The lowest BCUT2D eigenvalue weighted by molar-refractivity contribution is -0.140. The van der Waals surface area contributed by atoms with Crippen molar-refractivity contribution in [1.82, 2.24) is 10.2 Å². The van der Waals surface area contributed by atoms with Crippen LogP contribution in [0.3, 0.4) is 0 Å². The number of methoxy groups -OCH3 is 1. The third-order valence-corrected chi connectivity index (χ3v) is 4.34. The molecule has 8 heteroatoms. The zero-order valence-corrected chi connectivity index (χ0v) is 16.0. The number of carbonyl (C=O) groups is 3. The van der Waals surface area contributed by atoms with E-state index in [-0.39, 0.29) is 25.2 Å². The Hall–Kier alpha value is -2.87. The highest BCUT2D eigenvalue weighted by atomic mass is 16.6. The molecule has 0 aliphatic carbocycles. The zero-order valence-electron chi connectivity index (χ0n) is 16.0. The van der Waals surface area contributed by atoms with Gasteiger partial charge >= 0.3 is 12.0 Å². The fourth-order valence-electron chi connectivity index (χ4n) is 2.65. The molecule has 1 atom stereocenters. The van der Waals surface area contributed by atoms with E-state index >= 15 is 0 Å². The van der Waals surface area contributed by atoms with E-state index in [1.807, 2.05) is 0 Å². The molecule has 1 aromatic rings. The van der Waals surface area contributed by atoms with Crippen molar-refractivity contribution in [2.45, 2.75) is 26.3 Å². The van der Waals surface area contributed by atoms with Gasteiger partial charge in [0.25, 0.3) is 0 Å². The number of allylic oxidation sites excluding steroid dienone is 1. The molecule has 2 rings (SSSR count). The van der Waals surface area contributed by atoms with E-state index < -0.39 is 12.0 Å². The van der Waals surface area contributed by atoms with Crippen LogP contribution >= 0.6 is 0 Å². The Kier molecular flexibility index (Phi) is 6.95. The number of rotatable bonds is 7. The van der Waals surface area contributed by atoms with Crippen molar-refractivity contribution < 1.29 is 23.9 Å². The molecule has 1 aromatic carbocycles. The molecule has 0 saturated carbocycles. The van der Waals surface area contributed by atoms with Crippen LogP contribution in [0.25, 0.3) is 0 Å². The monoisotopic (exact) mass is 375 g/mol. The molecular formula is C19H25N3O5. The Morgan fingerprint density at radius 1 is 1.22 bits per heavy atom. The molecule has 0 aromatic heterocycles. The van der Waals surface area contributed by atoms with Crippen LogP contribution in [0.2, 0.25) is 0 Å². The fraction of sp³-hybridized carbons (Fsp3) is 0.421. The lowest BCUT2D eigenvalue weighted by atomic mass is 9.95. The highest BCUT2D eigenvalue weighted by Gasteiger charge is 2.34. The summed E-state index contributed by atoms with van der Waals surface area (Å²) in [6.07, 6.45) is 0.381. The Bertz CT molecular complexity index is 742. The summed E-state index contributed by atoms with van der Waals surface area (Å²) >= 11 is 0. The SMILES string of the molecule is CCC(=O)Nc1ccc(C2NC(=O)N(C)C(C)=C2C(=O)OCCOC)cc1. The standard InChI is InChI=1S/C19H25N3O5/c1-5-15(23)20-14-8-6-13(7-9-14)17-16(18(24)27-11-10-26-4)12(2)22(3)19(25)21-17/h6-9,17H,5,10-11H2,1-4H3,(H,20,23)(H,21,25). The van der Waals surface area contributed by atoms with Gasteiger partial charge in [-0.1, -0.05) is 19.1 Å². The van der Waals surface area contributed by atoms with E-state index in [1.54, 1.807) is 45.2 Å². The molecule has 1 heterocycles. The highest BCUT2D eigenvalue weighted by Crippen LogP contribution is 2.31. The summed E-state index contributed by atoms with van der Waals surface area (Å²) in [4.78, 5) is 37.7. The second kappa shape index (κ2) is 9.18. The molecule has 0 spiro atoms. The number of anilines is 1. The van der Waals surface area contributed by atoms with Crippen LogP contribution in [-0.2, 0) is 19.1 Å². The number of hydrogen-bond acceptors (Lipinski definition) is 5. The molecule has 1 aliphatic heterocycles. The predicted molar refractivity (Wildman–Crippen MR) is 99.9 cm³/mol. The maximum absolute atomic E-state index is 12.6. The number of nitrogens with zero attached hydrogens (tertiary/aromatic N) is 1. The number of nitrogens with one attached hydrogen (secondary N) is 2. The van der Waals surface area contributed by atoms with Gasteiger partial charge in [0.15, 0.2) is 0 Å². The van der Waals surface area contributed by atoms with Crippen LogP contribution in [0.5, 0.6) is 0 Å². The molecule has 0 saturated heterocycles. The molecule has 1 unspecified atom stereocenters. The molecule has 1 aliphatic rings. The minimum Gasteiger partial charge on any atom is -0.460 e. The van der Waals surface area contributed by atoms with Crippen molar-refractivity contribution in [2.24, 2.45) is 0 Å². The number of urea groups is 1. The average molecular weight is 375 g/mol. The summed E-state index contributed by atoms with van der Waals surface area (Å²) in [7, 11) is 3.11. The second-order valence-electron chi connectivity index (χ2n) is 6.09. The lowest BCUT2D eigenvalue weighted by Crippen LogP contribution is -2.46. The summed E-state index contributed by atoms with van der Waals surface area (Å²) in [6.45, 7) is 3.89. The van der Waals surface area contributed by atoms with Gasteiger partial charge in [0, 0.05) is 32.0 Å². The number of benzene rings is 1. The average Bonchev–Trinajstić information content (AvgIpc) is 2.66. The van der Waals surface area contributed by atoms with E-state index in [1.165, 1.54) is 12.0 Å². The van der Waals surface area contributed by atoms with Gasteiger partial charge < -0.3 is 25.0 Å². The van der Waals surface area contributed by atoms with Crippen LogP contribution in [0.15, 0.2) is 35.5 Å². The molecule has 0 fully saturated rings. The Labute approximate surface area is 158 Å². The number of carbonyl (C=O) groups excluding carboxylic acids is 3. The number of amides is 3. The molecule has 146 valence electrons. The normalized spacial score (nSPS) is 16.8. The minimum absolute atomic E-state index is 0.0894. The smallest absolute Gasteiger partial charge is 0.338 e. The largest absolute Gasteiger partial charge is 0.460 e. The topological polar surface area (TPSA) is 97.0 Å². The molecular weight excluding hydrogens is 350 g/mol. The minimum atomic E-state index is -0.639. The molecule has 0 radical (unpaired) electrons. The number of esters is 1. The molecule has 2 N–H and O–H groups in total. The summed E-state index contributed by atoms with van der Waals surface area (Å²) in [6, 6.07) is 6.04. The predicted octanol–water partition coefficient (Wildman–Crippen LogP) is 2.19. The Morgan fingerprint density at radius 2 is 1.89 bits per heavy atom. The fourth-order valence-corrected chi connectivity index (χ4v) is 2.65. The maximum Gasteiger partial charge on any atom is 0.338 e. The first-order chi connectivity index (χ1) is 12.9. The molecule has 27 heavy (non-hydrogen) atoms.